The van der Waals surface area contributed by atoms with Gasteiger partial charge in [0.05, 0.1) is 7.11 Å². The van der Waals surface area contributed by atoms with E-state index in [1.807, 2.05) is 0 Å². The van der Waals surface area contributed by atoms with Gasteiger partial charge in [-0.25, -0.2) is 0 Å². The summed E-state index contributed by atoms with van der Waals surface area (Å²) < 4.78 is 11.0. The Morgan fingerprint density at radius 1 is 0.833 bits per heavy atom. The van der Waals surface area contributed by atoms with Crippen molar-refractivity contribution in [2.45, 2.75) is 58.5 Å². The summed E-state index contributed by atoms with van der Waals surface area (Å²) in [4.78, 5) is 25.5. The van der Waals surface area contributed by atoms with Crippen LogP contribution in [0.2, 0.25) is 0 Å². The number of rotatable bonds is 4. The standard InChI is InChI=1S/C20H30O4/c1-10-12-4-6-14(8-12)16(10)17(19(21)23-3)20(22)24-18-11(2)13-5-7-15(18)9-13/h10-18H,4-9H2,1-3H3. The number of carbonyl (C=O) groups is 2. The summed E-state index contributed by atoms with van der Waals surface area (Å²) in [6.07, 6.45) is 7.19. The van der Waals surface area contributed by atoms with Gasteiger partial charge in [0.15, 0.2) is 5.92 Å². The quantitative estimate of drug-likeness (QED) is 0.584. The van der Waals surface area contributed by atoms with E-state index in [-0.39, 0.29) is 24.0 Å². The Bertz CT molecular complexity index is 526. The van der Waals surface area contributed by atoms with E-state index in [1.165, 1.54) is 32.8 Å². The third-order valence-electron chi connectivity index (χ3n) is 8.00. The topological polar surface area (TPSA) is 52.6 Å². The summed E-state index contributed by atoms with van der Waals surface area (Å²) in [6.45, 7) is 4.41. The molecule has 4 aliphatic carbocycles. The molecule has 4 fully saturated rings. The number of ether oxygens (including phenoxy) is 2. The van der Waals surface area contributed by atoms with Crippen molar-refractivity contribution < 1.29 is 19.1 Å². The highest BCUT2D eigenvalue weighted by molar-refractivity contribution is 5.95. The predicted molar refractivity (Wildman–Crippen MR) is 88.9 cm³/mol. The van der Waals surface area contributed by atoms with E-state index in [9.17, 15) is 9.59 Å². The minimum atomic E-state index is -0.716. The monoisotopic (exact) mass is 334 g/mol. The molecule has 4 saturated carbocycles. The maximum absolute atomic E-state index is 13.0. The second-order valence-corrected chi connectivity index (χ2v) is 8.86. The van der Waals surface area contributed by atoms with Crippen LogP contribution in [0.3, 0.4) is 0 Å². The molecule has 0 N–H and O–H groups in total. The van der Waals surface area contributed by atoms with E-state index in [0.717, 1.165) is 12.8 Å². The molecule has 0 aromatic carbocycles. The lowest BCUT2D eigenvalue weighted by molar-refractivity contribution is -0.172. The summed E-state index contributed by atoms with van der Waals surface area (Å²) in [5.41, 5.74) is 0. The van der Waals surface area contributed by atoms with Crippen molar-refractivity contribution >= 4 is 11.9 Å². The van der Waals surface area contributed by atoms with E-state index in [0.29, 0.717) is 35.5 Å². The van der Waals surface area contributed by atoms with E-state index in [4.69, 9.17) is 9.47 Å². The lowest BCUT2D eigenvalue weighted by atomic mass is 9.73. The number of esters is 2. The zero-order valence-corrected chi connectivity index (χ0v) is 15.1. The van der Waals surface area contributed by atoms with E-state index >= 15 is 0 Å². The van der Waals surface area contributed by atoms with Gasteiger partial charge in [-0.2, -0.15) is 0 Å². The highest BCUT2D eigenvalue weighted by Gasteiger charge is 2.55. The minimum Gasteiger partial charge on any atom is -0.468 e. The van der Waals surface area contributed by atoms with Crippen molar-refractivity contribution in [2.75, 3.05) is 7.11 Å². The fourth-order valence-electron chi connectivity index (χ4n) is 6.67. The fourth-order valence-corrected chi connectivity index (χ4v) is 6.67. The minimum absolute atomic E-state index is 0.0114. The maximum Gasteiger partial charge on any atom is 0.320 e. The Hall–Kier alpha value is -1.06. The Labute approximate surface area is 144 Å². The summed E-state index contributed by atoms with van der Waals surface area (Å²) in [5, 5.41) is 0. The Morgan fingerprint density at radius 3 is 1.96 bits per heavy atom. The zero-order valence-electron chi connectivity index (χ0n) is 15.1. The lowest BCUT2D eigenvalue weighted by Crippen LogP contribution is -2.42. The molecule has 134 valence electrons. The molecule has 0 aliphatic heterocycles. The molecule has 9 unspecified atom stereocenters. The van der Waals surface area contributed by atoms with Crippen molar-refractivity contribution in [1.82, 2.24) is 0 Å². The van der Waals surface area contributed by atoms with Crippen molar-refractivity contribution in [3.63, 3.8) is 0 Å². The van der Waals surface area contributed by atoms with Crippen LogP contribution in [0.15, 0.2) is 0 Å². The molecule has 9 atom stereocenters. The molecule has 0 radical (unpaired) electrons. The molecule has 4 bridgehead atoms. The van der Waals surface area contributed by atoms with Crippen molar-refractivity contribution in [1.29, 1.82) is 0 Å². The lowest BCUT2D eigenvalue weighted by Gasteiger charge is -2.34. The van der Waals surface area contributed by atoms with E-state index in [1.54, 1.807) is 0 Å². The van der Waals surface area contributed by atoms with Crippen LogP contribution in [-0.2, 0) is 19.1 Å². The molecule has 4 heteroatoms. The summed E-state index contributed by atoms with van der Waals surface area (Å²) in [5.74, 6) is 1.90. The van der Waals surface area contributed by atoms with Crippen molar-refractivity contribution in [3.8, 4) is 0 Å². The Balaban J connectivity index is 1.51. The average Bonchev–Trinajstić information content (AvgIpc) is 3.32. The first-order valence-corrected chi connectivity index (χ1v) is 9.79. The van der Waals surface area contributed by atoms with Crippen LogP contribution in [0, 0.1) is 47.3 Å². The summed E-state index contributed by atoms with van der Waals surface area (Å²) in [7, 11) is 1.39. The van der Waals surface area contributed by atoms with Crippen LogP contribution in [0.25, 0.3) is 0 Å². The maximum atomic E-state index is 13.0. The van der Waals surface area contributed by atoms with Gasteiger partial charge >= 0.3 is 11.9 Å². The van der Waals surface area contributed by atoms with Gasteiger partial charge in [-0.1, -0.05) is 13.8 Å². The first-order chi connectivity index (χ1) is 11.5. The first kappa shape index (κ1) is 16.4. The number of fused-ring (bicyclic) bond motifs is 4. The molecule has 0 aromatic heterocycles. The summed E-state index contributed by atoms with van der Waals surface area (Å²) in [6, 6.07) is 0. The molecule has 0 saturated heterocycles. The van der Waals surface area contributed by atoms with Gasteiger partial charge in [0.2, 0.25) is 0 Å². The normalized spacial score (nSPS) is 47.0. The zero-order chi connectivity index (χ0) is 17.0. The number of hydrogen-bond donors (Lipinski definition) is 0. The second-order valence-electron chi connectivity index (χ2n) is 8.86. The van der Waals surface area contributed by atoms with Gasteiger partial charge in [-0.05, 0) is 80.0 Å². The number of methoxy groups -OCH3 is 1. The number of hydrogen-bond acceptors (Lipinski definition) is 4. The van der Waals surface area contributed by atoms with Gasteiger partial charge in [0, 0.05) is 0 Å². The Morgan fingerprint density at radius 2 is 1.42 bits per heavy atom. The van der Waals surface area contributed by atoms with Crippen molar-refractivity contribution in [2.24, 2.45) is 47.3 Å². The van der Waals surface area contributed by atoms with Gasteiger partial charge in [0.25, 0.3) is 0 Å². The SMILES string of the molecule is COC(=O)C(C(=O)OC1C2CCC(C2)C1C)C1C2CCC(C2)C1C. The highest BCUT2D eigenvalue weighted by atomic mass is 16.6. The van der Waals surface area contributed by atoms with Gasteiger partial charge < -0.3 is 9.47 Å². The summed E-state index contributed by atoms with van der Waals surface area (Å²) >= 11 is 0. The molecule has 0 aromatic rings. The van der Waals surface area contributed by atoms with Gasteiger partial charge in [-0.15, -0.1) is 0 Å². The van der Waals surface area contributed by atoms with Gasteiger partial charge in [0.1, 0.15) is 6.10 Å². The largest absolute Gasteiger partial charge is 0.468 e. The molecule has 0 amide bonds. The van der Waals surface area contributed by atoms with Crippen LogP contribution in [0.1, 0.15) is 52.4 Å². The molecule has 24 heavy (non-hydrogen) atoms. The van der Waals surface area contributed by atoms with Crippen LogP contribution in [-0.4, -0.2) is 25.2 Å². The molecule has 0 spiro atoms. The molecular formula is C20H30O4. The Kier molecular flexibility index (Phi) is 4.12. The van der Waals surface area contributed by atoms with Crippen LogP contribution in [0.5, 0.6) is 0 Å². The van der Waals surface area contributed by atoms with E-state index in [2.05, 4.69) is 13.8 Å². The van der Waals surface area contributed by atoms with Crippen LogP contribution < -0.4 is 0 Å². The smallest absolute Gasteiger partial charge is 0.320 e. The molecule has 0 heterocycles. The van der Waals surface area contributed by atoms with Crippen LogP contribution >= 0.6 is 0 Å². The van der Waals surface area contributed by atoms with Crippen molar-refractivity contribution in [3.05, 3.63) is 0 Å². The van der Waals surface area contributed by atoms with Crippen LogP contribution in [0.4, 0.5) is 0 Å². The second kappa shape index (κ2) is 6.03. The number of carbonyl (C=O) groups excluding carboxylic acids is 2. The third-order valence-corrected chi connectivity index (χ3v) is 8.00. The average molecular weight is 334 g/mol. The first-order valence-electron chi connectivity index (χ1n) is 9.79. The fraction of sp³-hybridized carbons (Fsp3) is 0.900. The van der Waals surface area contributed by atoms with E-state index < -0.39 is 5.92 Å². The molecule has 4 aliphatic rings. The van der Waals surface area contributed by atoms with Gasteiger partial charge in [-0.3, -0.25) is 9.59 Å². The highest BCUT2D eigenvalue weighted by Crippen LogP contribution is 2.55. The predicted octanol–water partition coefficient (Wildman–Crippen LogP) is 3.44. The molecular weight excluding hydrogens is 304 g/mol. The third kappa shape index (κ3) is 2.40. The molecule has 4 rings (SSSR count). The molecule has 4 nitrogen and oxygen atoms in total.